The van der Waals surface area contributed by atoms with Crippen molar-refractivity contribution in [2.45, 2.75) is 19.3 Å². The highest BCUT2D eigenvalue weighted by atomic mass is 15.2. The monoisotopic (exact) mass is 600 g/mol. The molecule has 0 atom stereocenters. The highest BCUT2D eigenvalue weighted by Gasteiger charge is 2.38. The summed E-state index contributed by atoms with van der Waals surface area (Å²) in [6.45, 7) is 4.76. The Morgan fingerprint density at radius 1 is 0.362 bits per heavy atom. The average molecular weight is 601 g/mol. The van der Waals surface area contributed by atoms with Crippen LogP contribution in [0, 0.1) is 0 Å². The zero-order chi connectivity index (χ0) is 31.3. The topological polar surface area (TPSA) is 8.17 Å². The summed E-state index contributed by atoms with van der Waals surface area (Å²) in [4.78, 5) is 2.51. The molecule has 47 heavy (non-hydrogen) atoms. The van der Waals surface area contributed by atoms with Crippen LogP contribution >= 0.6 is 0 Å². The predicted octanol–water partition coefficient (Wildman–Crippen LogP) is 12.4. The molecule has 0 spiro atoms. The maximum atomic E-state index is 2.51. The maximum absolute atomic E-state index is 2.51. The van der Waals surface area contributed by atoms with Crippen molar-refractivity contribution in [3.8, 4) is 5.69 Å². The minimum absolute atomic E-state index is 0.200. The van der Waals surface area contributed by atoms with Crippen LogP contribution in [0.1, 0.15) is 25.0 Å². The Morgan fingerprint density at radius 3 is 1.66 bits per heavy atom. The molecule has 1 aliphatic heterocycles. The van der Waals surface area contributed by atoms with E-state index in [1.54, 1.807) is 0 Å². The van der Waals surface area contributed by atoms with Crippen LogP contribution in [0.5, 0.6) is 0 Å². The lowest BCUT2D eigenvalue weighted by Crippen LogP contribution is -2.30. The van der Waals surface area contributed by atoms with Gasteiger partial charge >= 0.3 is 0 Å². The van der Waals surface area contributed by atoms with Crippen molar-refractivity contribution < 1.29 is 0 Å². The molecule has 0 fully saturated rings. The van der Waals surface area contributed by atoms with E-state index in [0.717, 1.165) is 0 Å². The molecular weight excluding hydrogens is 569 g/mol. The van der Waals surface area contributed by atoms with E-state index < -0.39 is 0 Å². The van der Waals surface area contributed by atoms with Crippen molar-refractivity contribution in [3.63, 3.8) is 0 Å². The van der Waals surface area contributed by atoms with Crippen LogP contribution in [-0.4, -0.2) is 4.57 Å². The van der Waals surface area contributed by atoms with Crippen molar-refractivity contribution in [1.29, 1.82) is 0 Å². The van der Waals surface area contributed by atoms with E-state index in [4.69, 9.17) is 0 Å². The van der Waals surface area contributed by atoms with Gasteiger partial charge in [-0.25, -0.2) is 0 Å². The van der Waals surface area contributed by atoms with Crippen molar-refractivity contribution in [3.05, 3.63) is 169 Å². The molecule has 0 aliphatic carbocycles. The van der Waals surface area contributed by atoms with Crippen LogP contribution in [0.2, 0.25) is 0 Å². The Morgan fingerprint density at radius 2 is 0.936 bits per heavy atom. The van der Waals surface area contributed by atoms with Gasteiger partial charge < -0.3 is 9.47 Å². The first kappa shape index (κ1) is 26.4. The largest absolute Gasteiger partial charge is 0.310 e. The van der Waals surface area contributed by atoms with E-state index in [1.165, 1.54) is 88.0 Å². The molecule has 222 valence electrons. The van der Waals surface area contributed by atoms with Crippen LogP contribution in [0.3, 0.4) is 0 Å². The van der Waals surface area contributed by atoms with E-state index in [0.29, 0.717) is 0 Å². The number of hydrogen-bond donors (Lipinski definition) is 0. The van der Waals surface area contributed by atoms with E-state index in [2.05, 4.69) is 181 Å². The summed E-state index contributed by atoms with van der Waals surface area (Å²) in [5, 5.41) is 10.3. The van der Waals surface area contributed by atoms with Gasteiger partial charge in [-0.1, -0.05) is 123 Å². The fraction of sp³-hybridized carbons (Fsp3) is 0.0667. The van der Waals surface area contributed by atoms with Gasteiger partial charge in [0.25, 0.3) is 0 Å². The van der Waals surface area contributed by atoms with Crippen molar-refractivity contribution in [1.82, 2.24) is 4.57 Å². The Bertz CT molecular complexity index is 2680. The smallest absolute Gasteiger partial charge is 0.0545 e. The Kier molecular flexibility index (Phi) is 5.37. The predicted molar refractivity (Wildman–Crippen MR) is 200 cm³/mol. The number of benzene rings is 8. The molecule has 0 amide bonds. The molecule has 10 rings (SSSR count). The van der Waals surface area contributed by atoms with E-state index in [1.807, 2.05) is 0 Å². The zero-order valence-electron chi connectivity index (χ0n) is 26.4. The first-order valence-corrected chi connectivity index (χ1v) is 16.5. The van der Waals surface area contributed by atoms with Crippen LogP contribution in [0.15, 0.2) is 158 Å². The number of rotatable bonds is 2. The summed E-state index contributed by atoms with van der Waals surface area (Å²) >= 11 is 0. The molecule has 2 heterocycles. The number of nitrogens with zero attached hydrogens (tertiary/aromatic N) is 2. The summed E-state index contributed by atoms with van der Waals surface area (Å²) in [6.07, 6.45) is 0. The van der Waals surface area contributed by atoms with Gasteiger partial charge in [-0.3, -0.25) is 0 Å². The van der Waals surface area contributed by atoms with Crippen LogP contribution < -0.4 is 4.90 Å². The molecule has 0 unspecified atom stereocenters. The minimum Gasteiger partial charge on any atom is -0.310 e. The van der Waals surface area contributed by atoms with Gasteiger partial charge in [0.05, 0.1) is 22.4 Å². The lowest BCUT2D eigenvalue weighted by atomic mass is 9.73. The minimum atomic E-state index is -0.200. The Hall–Kier alpha value is -5.86. The molecule has 0 radical (unpaired) electrons. The third-order valence-electron chi connectivity index (χ3n) is 10.5. The molecule has 2 heteroatoms. The lowest BCUT2D eigenvalue weighted by molar-refractivity contribution is 0.632. The molecule has 0 saturated heterocycles. The van der Waals surface area contributed by atoms with Gasteiger partial charge in [0, 0.05) is 27.6 Å². The van der Waals surface area contributed by atoms with E-state index in [9.17, 15) is 0 Å². The standard InChI is InChI=1S/C45H32N2/c1-45(2)39-21-11-13-23-42(39)47(30-24-25-35-33-18-7-6-16-31(33)32-17-8-9-19-34(32)37(35)26-30)44-27-38-36-20-10-12-22-41(36)46(43(38)28-40(44)45)29-14-4-3-5-15-29/h3-28H,1-2H3. The van der Waals surface area contributed by atoms with Gasteiger partial charge in [-0.15, -0.1) is 0 Å². The number of hydrogen-bond acceptors (Lipinski definition) is 1. The first-order valence-electron chi connectivity index (χ1n) is 16.5. The van der Waals surface area contributed by atoms with Gasteiger partial charge in [-0.05, 0) is 92.0 Å². The normalized spacial score (nSPS) is 13.9. The molecule has 2 nitrogen and oxygen atoms in total. The molecule has 1 aromatic heterocycles. The number of aromatic nitrogens is 1. The van der Waals surface area contributed by atoms with E-state index >= 15 is 0 Å². The third kappa shape index (κ3) is 3.61. The first-order chi connectivity index (χ1) is 23.1. The zero-order valence-corrected chi connectivity index (χ0v) is 26.4. The van der Waals surface area contributed by atoms with Gasteiger partial charge in [-0.2, -0.15) is 0 Å². The molecule has 8 aromatic carbocycles. The molecule has 0 bridgehead atoms. The fourth-order valence-corrected chi connectivity index (χ4v) is 8.33. The number of anilines is 3. The quantitative estimate of drug-likeness (QED) is 0.179. The summed E-state index contributed by atoms with van der Waals surface area (Å²) in [7, 11) is 0. The second kappa shape index (κ2) is 9.57. The lowest BCUT2D eigenvalue weighted by Gasteiger charge is -2.42. The SMILES string of the molecule is CC1(C)c2ccccc2N(c2ccc3c4ccccc4c4ccccc4c3c2)c2cc3c4ccccc4n(-c4ccccc4)c3cc21. The Balaban J connectivity index is 1.31. The molecule has 9 aromatic rings. The van der Waals surface area contributed by atoms with Gasteiger partial charge in [0.15, 0.2) is 0 Å². The molecule has 0 saturated carbocycles. The Labute approximate surface area is 273 Å². The van der Waals surface area contributed by atoms with E-state index in [-0.39, 0.29) is 5.41 Å². The highest BCUT2D eigenvalue weighted by molar-refractivity contribution is 6.26. The maximum Gasteiger partial charge on any atom is 0.0545 e. The summed E-state index contributed by atoms with van der Waals surface area (Å²) in [5.74, 6) is 0. The average Bonchev–Trinajstić information content (AvgIpc) is 3.45. The summed E-state index contributed by atoms with van der Waals surface area (Å²) < 4.78 is 2.43. The fourth-order valence-electron chi connectivity index (χ4n) is 8.33. The second-order valence-corrected chi connectivity index (χ2v) is 13.4. The van der Waals surface area contributed by atoms with Crippen LogP contribution in [-0.2, 0) is 5.41 Å². The van der Waals surface area contributed by atoms with Gasteiger partial charge in [0.2, 0.25) is 0 Å². The van der Waals surface area contributed by atoms with Gasteiger partial charge in [0.1, 0.15) is 0 Å². The molecule has 0 N–H and O–H groups in total. The highest BCUT2D eigenvalue weighted by Crippen LogP contribution is 2.54. The van der Waals surface area contributed by atoms with Crippen molar-refractivity contribution in [2.75, 3.05) is 4.90 Å². The number of para-hydroxylation sites is 3. The van der Waals surface area contributed by atoms with Crippen molar-refractivity contribution in [2.24, 2.45) is 0 Å². The second-order valence-electron chi connectivity index (χ2n) is 13.4. The molecular formula is C45H32N2. The summed E-state index contributed by atoms with van der Waals surface area (Å²) in [6, 6.07) is 58.2. The van der Waals surface area contributed by atoms with Crippen LogP contribution in [0.25, 0.3) is 59.8 Å². The van der Waals surface area contributed by atoms with Crippen LogP contribution in [0.4, 0.5) is 17.1 Å². The number of fused-ring (bicyclic) bond motifs is 11. The molecule has 1 aliphatic rings. The third-order valence-corrected chi connectivity index (χ3v) is 10.5. The van der Waals surface area contributed by atoms with Crippen molar-refractivity contribution >= 4 is 71.2 Å². The summed E-state index contributed by atoms with van der Waals surface area (Å²) in [5.41, 5.74) is 9.74.